The molecular formula is C16H16F3N5O. The predicted octanol–water partition coefficient (Wildman–Crippen LogP) is 3.29. The van der Waals surface area contributed by atoms with Gasteiger partial charge in [-0.2, -0.15) is 18.4 Å². The Kier molecular flexibility index (Phi) is 5.13. The topological polar surface area (TPSA) is 93.9 Å². The van der Waals surface area contributed by atoms with Gasteiger partial charge in [0.2, 0.25) is 0 Å². The zero-order chi connectivity index (χ0) is 18.7. The lowest BCUT2D eigenvalue weighted by molar-refractivity contribution is -0.141. The van der Waals surface area contributed by atoms with Crippen LogP contribution >= 0.6 is 0 Å². The summed E-state index contributed by atoms with van der Waals surface area (Å²) in [6.45, 7) is 3.37. The molecule has 2 heterocycles. The van der Waals surface area contributed by atoms with E-state index >= 15 is 0 Å². The third-order valence-corrected chi connectivity index (χ3v) is 3.03. The van der Waals surface area contributed by atoms with Crippen LogP contribution in [0.25, 0.3) is 0 Å². The molecular weight excluding hydrogens is 335 g/mol. The molecule has 9 heteroatoms. The molecule has 0 radical (unpaired) electrons. The number of rotatable bonds is 5. The highest BCUT2D eigenvalue weighted by atomic mass is 19.4. The maximum absolute atomic E-state index is 12.7. The number of pyridine rings is 2. The second-order valence-corrected chi connectivity index (χ2v) is 5.92. The highest BCUT2D eigenvalue weighted by Gasteiger charge is 2.32. The van der Waals surface area contributed by atoms with Crippen molar-refractivity contribution in [2.24, 2.45) is 0 Å². The number of hydrogen-bond acceptors (Lipinski definition) is 6. The van der Waals surface area contributed by atoms with Gasteiger partial charge in [-0.3, -0.25) is 0 Å². The Bertz CT molecular complexity index is 794. The number of aromatic nitrogens is 2. The number of aliphatic hydroxyl groups is 1. The van der Waals surface area contributed by atoms with Crippen molar-refractivity contribution >= 4 is 17.3 Å². The molecule has 0 amide bonds. The van der Waals surface area contributed by atoms with Crippen LogP contribution in [0.4, 0.5) is 30.5 Å². The predicted molar refractivity (Wildman–Crippen MR) is 86.3 cm³/mol. The van der Waals surface area contributed by atoms with Gasteiger partial charge < -0.3 is 15.7 Å². The van der Waals surface area contributed by atoms with Crippen molar-refractivity contribution in [3.63, 3.8) is 0 Å². The third kappa shape index (κ3) is 5.32. The smallest absolute Gasteiger partial charge is 0.389 e. The number of alkyl halides is 3. The van der Waals surface area contributed by atoms with Crippen LogP contribution < -0.4 is 10.6 Å². The molecule has 0 bridgehead atoms. The number of nitriles is 1. The standard InChI is InChI=1S/C16H16F3N5O/c1-15(2,25)9-22-11-6-14(21-8-10(11)7-20)24-13-5-3-4-12(23-13)16(17,18)19/h3-6,8,25H,9H2,1-2H3,(H2,21,22,23,24). The minimum Gasteiger partial charge on any atom is -0.389 e. The first-order valence-electron chi connectivity index (χ1n) is 7.26. The molecule has 2 aromatic rings. The number of halogens is 3. The van der Waals surface area contributed by atoms with Gasteiger partial charge in [0.15, 0.2) is 0 Å². The molecule has 2 aromatic heterocycles. The first kappa shape index (κ1) is 18.5. The largest absolute Gasteiger partial charge is 0.433 e. The second kappa shape index (κ2) is 6.94. The van der Waals surface area contributed by atoms with Gasteiger partial charge >= 0.3 is 6.18 Å². The summed E-state index contributed by atoms with van der Waals surface area (Å²) in [5.74, 6) is 0.185. The molecule has 6 nitrogen and oxygen atoms in total. The molecule has 0 spiro atoms. The normalized spacial score (nSPS) is 11.7. The van der Waals surface area contributed by atoms with Crippen LogP contribution in [0.5, 0.6) is 0 Å². The van der Waals surface area contributed by atoms with Gasteiger partial charge in [0.05, 0.1) is 16.9 Å². The van der Waals surface area contributed by atoms with Crippen molar-refractivity contribution in [2.75, 3.05) is 17.2 Å². The highest BCUT2D eigenvalue weighted by Crippen LogP contribution is 2.29. The minimum atomic E-state index is -4.55. The molecule has 0 aromatic carbocycles. The third-order valence-electron chi connectivity index (χ3n) is 3.03. The summed E-state index contributed by atoms with van der Waals surface area (Å²) in [7, 11) is 0. The van der Waals surface area contributed by atoms with E-state index in [9.17, 15) is 18.3 Å². The molecule has 0 aliphatic heterocycles. The van der Waals surface area contributed by atoms with Crippen LogP contribution in [0.1, 0.15) is 25.1 Å². The van der Waals surface area contributed by atoms with Crippen LogP contribution in [-0.2, 0) is 6.18 Å². The first-order chi connectivity index (χ1) is 11.6. The highest BCUT2D eigenvalue weighted by molar-refractivity contribution is 5.64. The molecule has 0 unspecified atom stereocenters. The Morgan fingerprint density at radius 1 is 1.24 bits per heavy atom. The van der Waals surface area contributed by atoms with E-state index in [-0.39, 0.29) is 23.7 Å². The van der Waals surface area contributed by atoms with E-state index in [1.165, 1.54) is 24.4 Å². The van der Waals surface area contributed by atoms with Gasteiger partial charge in [0.25, 0.3) is 0 Å². The maximum atomic E-state index is 12.7. The van der Waals surface area contributed by atoms with E-state index < -0.39 is 17.5 Å². The molecule has 0 fully saturated rings. The van der Waals surface area contributed by atoms with E-state index in [2.05, 4.69) is 20.6 Å². The van der Waals surface area contributed by atoms with Crippen LogP contribution in [0.2, 0.25) is 0 Å². The van der Waals surface area contributed by atoms with Crippen molar-refractivity contribution in [2.45, 2.75) is 25.6 Å². The fourth-order valence-electron chi connectivity index (χ4n) is 1.86. The van der Waals surface area contributed by atoms with Crippen molar-refractivity contribution in [1.29, 1.82) is 5.26 Å². The van der Waals surface area contributed by atoms with E-state index in [4.69, 9.17) is 5.26 Å². The van der Waals surface area contributed by atoms with Crippen LogP contribution in [0.3, 0.4) is 0 Å². The summed E-state index contributed by atoms with van der Waals surface area (Å²) in [6, 6.07) is 6.89. The van der Waals surface area contributed by atoms with Gasteiger partial charge in [-0.1, -0.05) is 6.07 Å². The summed E-state index contributed by atoms with van der Waals surface area (Å²) in [6.07, 6.45) is -3.27. The number of nitrogens with zero attached hydrogens (tertiary/aromatic N) is 3. The summed E-state index contributed by atoms with van der Waals surface area (Å²) in [5, 5.41) is 24.4. The Hall–Kier alpha value is -2.86. The maximum Gasteiger partial charge on any atom is 0.433 e. The number of nitrogens with one attached hydrogen (secondary N) is 2. The lowest BCUT2D eigenvalue weighted by atomic mass is 10.1. The molecule has 0 saturated heterocycles. The molecule has 0 aliphatic carbocycles. The number of anilines is 3. The van der Waals surface area contributed by atoms with Gasteiger partial charge in [0, 0.05) is 18.8 Å². The summed E-state index contributed by atoms with van der Waals surface area (Å²) in [4.78, 5) is 7.48. The molecule has 0 atom stereocenters. The summed E-state index contributed by atoms with van der Waals surface area (Å²) in [5.41, 5.74) is -1.39. The molecule has 0 saturated carbocycles. The van der Waals surface area contributed by atoms with E-state index in [1.54, 1.807) is 13.8 Å². The monoisotopic (exact) mass is 351 g/mol. The Morgan fingerprint density at radius 2 is 1.96 bits per heavy atom. The van der Waals surface area contributed by atoms with Crippen molar-refractivity contribution < 1.29 is 18.3 Å². The van der Waals surface area contributed by atoms with Crippen molar-refractivity contribution in [1.82, 2.24) is 9.97 Å². The molecule has 3 N–H and O–H groups in total. The zero-order valence-corrected chi connectivity index (χ0v) is 13.5. The molecule has 25 heavy (non-hydrogen) atoms. The fraction of sp³-hybridized carbons (Fsp3) is 0.312. The van der Waals surface area contributed by atoms with E-state index in [1.807, 2.05) is 6.07 Å². The van der Waals surface area contributed by atoms with Gasteiger partial charge in [-0.05, 0) is 26.0 Å². The lowest BCUT2D eigenvalue weighted by Gasteiger charge is -2.19. The van der Waals surface area contributed by atoms with E-state index in [0.717, 1.165) is 6.07 Å². The zero-order valence-electron chi connectivity index (χ0n) is 13.5. The molecule has 132 valence electrons. The Labute approximate surface area is 142 Å². The average Bonchev–Trinajstić information content (AvgIpc) is 2.52. The van der Waals surface area contributed by atoms with Crippen molar-refractivity contribution in [3.05, 3.63) is 41.7 Å². The minimum absolute atomic E-state index is 0.0273. The van der Waals surface area contributed by atoms with Crippen LogP contribution in [0, 0.1) is 11.3 Å². The molecule has 2 rings (SSSR count). The average molecular weight is 351 g/mol. The molecule has 0 aliphatic rings. The van der Waals surface area contributed by atoms with Gasteiger partial charge in [0.1, 0.15) is 23.4 Å². The lowest BCUT2D eigenvalue weighted by Crippen LogP contribution is -2.29. The first-order valence-corrected chi connectivity index (χ1v) is 7.26. The van der Waals surface area contributed by atoms with Crippen LogP contribution in [0.15, 0.2) is 30.5 Å². The van der Waals surface area contributed by atoms with E-state index in [0.29, 0.717) is 5.69 Å². The Balaban J connectivity index is 2.25. The van der Waals surface area contributed by atoms with Crippen molar-refractivity contribution in [3.8, 4) is 6.07 Å². The fourth-order valence-corrected chi connectivity index (χ4v) is 1.86. The SMILES string of the molecule is CC(C)(O)CNc1cc(Nc2cccc(C(F)(F)F)n2)ncc1C#N. The second-order valence-electron chi connectivity index (χ2n) is 5.92. The summed E-state index contributed by atoms with van der Waals surface area (Å²) >= 11 is 0. The Morgan fingerprint density at radius 3 is 2.56 bits per heavy atom. The van der Waals surface area contributed by atoms with Gasteiger partial charge in [-0.25, -0.2) is 9.97 Å². The quantitative estimate of drug-likeness (QED) is 0.765. The van der Waals surface area contributed by atoms with Gasteiger partial charge in [-0.15, -0.1) is 0 Å². The van der Waals surface area contributed by atoms with Crippen LogP contribution in [-0.4, -0.2) is 27.2 Å². The summed E-state index contributed by atoms with van der Waals surface area (Å²) < 4.78 is 38.1. The number of hydrogen-bond donors (Lipinski definition) is 3.